The third-order valence-electron chi connectivity index (χ3n) is 4.48. The Bertz CT molecular complexity index is 1030. The molecule has 0 aliphatic rings. The highest BCUT2D eigenvalue weighted by Crippen LogP contribution is 2.34. The van der Waals surface area contributed by atoms with E-state index in [1.54, 1.807) is 13.2 Å². The van der Waals surface area contributed by atoms with Crippen LogP contribution in [0.2, 0.25) is 0 Å². The van der Waals surface area contributed by atoms with E-state index in [4.69, 9.17) is 10.5 Å². The maximum absolute atomic E-state index is 10.3. The highest BCUT2D eigenvalue weighted by molar-refractivity contribution is 5.95. The zero-order valence-corrected chi connectivity index (χ0v) is 16.4. The van der Waals surface area contributed by atoms with Crippen molar-refractivity contribution < 1.29 is 14.4 Å². The molecule has 0 radical (unpaired) electrons. The number of methoxy groups -OCH3 is 1. The zero-order chi connectivity index (χ0) is 20.3. The second kappa shape index (κ2) is 7.72. The molecule has 0 aliphatic carbocycles. The van der Waals surface area contributed by atoms with Crippen LogP contribution in [0, 0.1) is 0 Å². The molecular weight excluding hydrogens is 356 g/mol. The van der Waals surface area contributed by atoms with E-state index in [-0.39, 0.29) is 17.7 Å². The molecule has 0 saturated heterocycles. The number of ether oxygens (including phenoxy) is 1. The number of nitrogens with zero attached hydrogens (tertiary/aromatic N) is 2. The first-order valence-corrected chi connectivity index (χ1v) is 8.92. The van der Waals surface area contributed by atoms with Crippen LogP contribution < -0.4 is 10.5 Å². The first kappa shape index (κ1) is 19.4. The molecule has 0 unspecified atom stereocenters. The fraction of sp³-hybridized carbons (Fsp3) is 0.286. The van der Waals surface area contributed by atoms with E-state index in [0.717, 1.165) is 28.0 Å². The van der Waals surface area contributed by atoms with Gasteiger partial charge in [0, 0.05) is 40.2 Å². The number of oxime groups is 1. The average Bonchev–Trinajstić information content (AvgIpc) is 3.04. The SMILES string of the molecule is COc1ccc2c(Cc3cccc(/C(N)=N/OC=O)n3)c(C(C)(C)C)[nH]c2c1. The molecule has 2 aromatic heterocycles. The summed E-state index contributed by atoms with van der Waals surface area (Å²) in [6.45, 7) is 6.73. The van der Waals surface area contributed by atoms with Crippen molar-refractivity contribution in [1.82, 2.24) is 9.97 Å². The molecule has 0 saturated carbocycles. The maximum atomic E-state index is 10.3. The fourth-order valence-corrected chi connectivity index (χ4v) is 3.21. The molecule has 3 rings (SSSR count). The lowest BCUT2D eigenvalue weighted by molar-refractivity contribution is -0.128. The molecule has 28 heavy (non-hydrogen) atoms. The molecule has 0 aliphatic heterocycles. The molecule has 0 amide bonds. The van der Waals surface area contributed by atoms with Gasteiger partial charge in [0.25, 0.3) is 0 Å². The number of aromatic nitrogens is 2. The number of nitrogens with one attached hydrogen (secondary N) is 1. The largest absolute Gasteiger partial charge is 0.497 e. The van der Waals surface area contributed by atoms with Crippen molar-refractivity contribution in [2.75, 3.05) is 7.11 Å². The van der Waals surface area contributed by atoms with E-state index < -0.39 is 0 Å². The van der Waals surface area contributed by atoms with Gasteiger partial charge in [-0.05, 0) is 29.8 Å². The van der Waals surface area contributed by atoms with E-state index >= 15 is 0 Å². The van der Waals surface area contributed by atoms with Crippen LogP contribution in [0.3, 0.4) is 0 Å². The molecule has 3 N–H and O–H groups in total. The van der Waals surface area contributed by atoms with Gasteiger partial charge >= 0.3 is 6.47 Å². The Hall–Kier alpha value is -3.35. The Morgan fingerprint density at radius 3 is 2.75 bits per heavy atom. The van der Waals surface area contributed by atoms with E-state index in [1.165, 1.54) is 5.56 Å². The van der Waals surface area contributed by atoms with Gasteiger partial charge in [0.15, 0.2) is 5.84 Å². The standard InChI is InChI=1S/C21H24N4O3/c1-21(2,3)19-16(15-9-8-14(27-4)11-18(15)24-19)10-13-6-5-7-17(23-13)20(22)25-28-12-26/h5-9,11-12,24H,10H2,1-4H3,(H2,22,25). The molecule has 2 heterocycles. The number of carbonyl (C=O) groups excluding carboxylic acids is 1. The Balaban J connectivity index is 2.05. The lowest BCUT2D eigenvalue weighted by atomic mass is 9.87. The molecule has 7 heteroatoms. The van der Waals surface area contributed by atoms with Crippen LogP contribution in [0.4, 0.5) is 0 Å². The van der Waals surface area contributed by atoms with Crippen molar-refractivity contribution >= 4 is 23.2 Å². The van der Waals surface area contributed by atoms with Crippen molar-refractivity contribution in [3.63, 3.8) is 0 Å². The first-order chi connectivity index (χ1) is 13.3. The van der Waals surface area contributed by atoms with Crippen LogP contribution in [0.5, 0.6) is 5.75 Å². The van der Waals surface area contributed by atoms with Crippen LogP contribution in [0.15, 0.2) is 41.6 Å². The summed E-state index contributed by atoms with van der Waals surface area (Å²) in [4.78, 5) is 22.8. The fourth-order valence-electron chi connectivity index (χ4n) is 3.21. The average molecular weight is 380 g/mol. The number of fused-ring (bicyclic) bond motifs is 1. The predicted octanol–water partition coefficient (Wildman–Crippen LogP) is 3.25. The molecular formula is C21H24N4O3. The minimum absolute atomic E-state index is 0.0497. The number of H-pyrrole nitrogens is 1. The number of benzene rings is 1. The van der Waals surface area contributed by atoms with E-state index in [2.05, 4.69) is 46.8 Å². The summed E-state index contributed by atoms with van der Waals surface area (Å²) >= 11 is 0. The van der Waals surface area contributed by atoms with Gasteiger partial charge in [-0.15, -0.1) is 0 Å². The normalized spacial score (nSPS) is 12.2. The topological polar surface area (TPSA) is 103 Å². The van der Waals surface area contributed by atoms with Gasteiger partial charge in [0.1, 0.15) is 11.4 Å². The Labute approximate surface area is 163 Å². The van der Waals surface area contributed by atoms with Crippen LogP contribution in [-0.2, 0) is 21.5 Å². The van der Waals surface area contributed by atoms with Crippen LogP contribution in [-0.4, -0.2) is 29.4 Å². The summed E-state index contributed by atoms with van der Waals surface area (Å²) in [7, 11) is 1.66. The number of aromatic amines is 1. The zero-order valence-electron chi connectivity index (χ0n) is 16.4. The minimum Gasteiger partial charge on any atom is -0.497 e. The first-order valence-electron chi connectivity index (χ1n) is 8.92. The maximum Gasteiger partial charge on any atom is 0.323 e. The Morgan fingerprint density at radius 1 is 1.29 bits per heavy atom. The summed E-state index contributed by atoms with van der Waals surface area (Å²) in [5.74, 6) is 0.855. The summed E-state index contributed by atoms with van der Waals surface area (Å²) in [6.07, 6.45) is 0.620. The second-order valence-corrected chi connectivity index (χ2v) is 7.51. The molecule has 146 valence electrons. The Kier molecular flexibility index (Phi) is 5.35. The van der Waals surface area contributed by atoms with Crippen molar-refractivity contribution in [1.29, 1.82) is 0 Å². The third kappa shape index (κ3) is 3.98. The third-order valence-corrected chi connectivity index (χ3v) is 4.48. The van der Waals surface area contributed by atoms with E-state index in [0.29, 0.717) is 12.1 Å². The molecule has 0 atom stereocenters. The molecule has 0 fully saturated rings. The highest BCUT2D eigenvalue weighted by atomic mass is 16.7. The molecule has 1 aromatic carbocycles. The number of nitrogens with two attached hydrogens (primary N) is 1. The van der Waals surface area contributed by atoms with Crippen molar-refractivity contribution in [2.45, 2.75) is 32.6 Å². The molecule has 3 aromatic rings. The number of hydrogen-bond donors (Lipinski definition) is 2. The Morgan fingerprint density at radius 2 is 2.07 bits per heavy atom. The number of carbonyl (C=O) groups is 1. The number of pyridine rings is 1. The van der Waals surface area contributed by atoms with Gasteiger partial charge in [0.2, 0.25) is 0 Å². The van der Waals surface area contributed by atoms with E-state index in [1.807, 2.05) is 24.3 Å². The van der Waals surface area contributed by atoms with E-state index in [9.17, 15) is 4.79 Å². The quantitative estimate of drug-likeness (QED) is 0.225. The summed E-state index contributed by atoms with van der Waals surface area (Å²) in [5, 5.41) is 4.65. The van der Waals surface area contributed by atoms with Crippen LogP contribution >= 0.6 is 0 Å². The monoisotopic (exact) mass is 380 g/mol. The second-order valence-electron chi connectivity index (χ2n) is 7.51. The lowest BCUT2D eigenvalue weighted by Gasteiger charge is -2.19. The van der Waals surface area contributed by atoms with Crippen LogP contribution in [0.1, 0.15) is 43.4 Å². The lowest BCUT2D eigenvalue weighted by Crippen LogP contribution is -2.17. The number of hydrogen-bond acceptors (Lipinski definition) is 5. The van der Waals surface area contributed by atoms with Crippen LogP contribution in [0.25, 0.3) is 10.9 Å². The molecule has 0 spiro atoms. The summed E-state index contributed by atoms with van der Waals surface area (Å²) in [6, 6.07) is 11.5. The number of rotatable bonds is 6. The predicted molar refractivity (Wildman–Crippen MR) is 108 cm³/mol. The summed E-state index contributed by atoms with van der Waals surface area (Å²) in [5.41, 5.74) is 10.4. The molecule has 0 bridgehead atoms. The minimum atomic E-state index is -0.0719. The van der Waals surface area contributed by atoms with Crippen molar-refractivity contribution in [3.8, 4) is 5.75 Å². The van der Waals surface area contributed by atoms with Gasteiger partial charge in [0.05, 0.1) is 7.11 Å². The van der Waals surface area contributed by atoms with Gasteiger partial charge in [-0.3, -0.25) is 4.79 Å². The van der Waals surface area contributed by atoms with Gasteiger partial charge in [-0.1, -0.05) is 32.0 Å². The van der Waals surface area contributed by atoms with Gasteiger partial charge in [-0.25, -0.2) is 4.98 Å². The smallest absolute Gasteiger partial charge is 0.323 e. The number of amidine groups is 1. The highest BCUT2D eigenvalue weighted by Gasteiger charge is 2.23. The van der Waals surface area contributed by atoms with Gasteiger partial charge < -0.3 is 20.3 Å². The summed E-state index contributed by atoms with van der Waals surface area (Å²) < 4.78 is 5.35. The van der Waals surface area contributed by atoms with Crippen molar-refractivity contribution in [2.24, 2.45) is 10.9 Å². The van der Waals surface area contributed by atoms with Crippen molar-refractivity contribution in [3.05, 3.63) is 59.0 Å². The molecule has 7 nitrogen and oxygen atoms in total. The van der Waals surface area contributed by atoms with Gasteiger partial charge in [-0.2, -0.15) is 0 Å².